The van der Waals surface area contributed by atoms with Crippen LogP contribution in [-0.2, 0) is 0 Å². The lowest BCUT2D eigenvalue weighted by Crippen LogP contribution is -1.94. The van der Waals surface area contributed by atoms with E-state index >= 15 is 0 Å². The Bertz CT molecular complexity index is 911. The first-order valence-electron chi connectivity index (χ1n) is 7.43. The molecule has 120 valence electrons. The van der Waals surface area contributed by atoms with Crippen molar-refractivity contribution >= 4 is 40.2 Å². The Morgan fingerprint density at radius 2 is 1.29 bits per heavy atom. The molecule has 0 aromatic heterocycles. The first-order valence-corrected chi connectivity index (χ1v) is 8.58. The quantitative estimate of drug-likeness (QED) is 0.532. The number of hydrogen-bond donors (Lipinski definition) is 0. The summed E-state index contributed by atoms with van der Waals surface area (Å²) in [5, 5.41) is 2.00. The van der Waals surface area contributed by atoms with Gasteiger partial charge in [0, 0.05) is 16.7 Å². The maximum Gasteiger partial charge on any atom is 0.169 e. The van der Waals surface area contributed by atoms with Gasteiger partial charge < -0.3 is 0 Å². The van der Waals surface area contributed by atoms with Crippen LogP contribution in [0.1, 0.15) is 18.1 Å². The zero-order chi connectivity index (χ0) is 17.3. The molecule has 24 heavy (non-hydrogen) atoms. The van der Waals surface area contributed by atoms with E-state index in [1.807, 2.05) is 36.4 Å². The molecule has 0 saturated heterocycles. The van der Waals surface area contributed by atoms with Gasteiger partial charge in [-0.2, -0.15) is 4.39 Å². The van der Waals surface area contributed by atoms with E-state index in [9.17, 15) is 8.78 Å². The van der Waals surface area contributed by atoms with Crippen LogP contribution in [0, 0.1) is 0 Å². The fourth-order valence-corrected chi connectivity index (χ4v) is 2.94. The average Bonchev–Trinajstić information content (AvgIpc) is 2.66. The molecule has 0 bridgehead atoms. The molecule has 0 N–H and O–H groups in total. The van der Waals surface area contributed by atoms with Crippen LogP contribution >= 0.6 is 18.5 Å². The Morgan fingerprint density at radius 1 is 0.792 bits per heavy atom. The summed E-state index contributed by atoms with van der Waals surface area (Å²) >= 11 is 0. The van der Waals surface area contributed by atoms with E-state index in [1.165, 1.54) is 6.08 Å². The van der Waals surface area contributed by atoms with Crippen molar-refractivity contribution in [3.63, 3.8) is 0 Å². The summed E-state index contributed by atoms with van der Waals surface area (Å²) in [5.41, 5.74) is 4.96. The summed E-state index contributed by atoms with van der Waals surface area (Å²) in [6.07, 6.45) is 1.35. The number of allylic oxidation sites excluding steroid dienone is 5. The highest BCUT2D eigenvalue weighted by Crippen LogP contribution is 2.35. The minimum absolute atomic E-state index is 0.248. The Kier molecular flexibility index (Phi) is 4.93. The summed E-state index contributed by atoms with van der Waals surface area (Å²) in [4.78, 5) is 0. The van der Waals surface area contributed by atoms with Crippen LogP contribution in [0.25, 0.3) is 11.1 Å². The maximum absolute atomic E-state index is 14.9. The van der Waals surface area contributed by atoms with Gasteiger partial charge in [-0.3, -0.25) is 0 Å². The van der Waals surface area contributed by atoms with Gasteiger partial charge in [-0.1, -0.05) is 54.3 Å². The second-order valence-corrected chi connectivity index (χ2v) is 6.92. The van der Waals surface area contributed by atoms with Crippen LogP contribution in [0.15, 0.2) is 77.6 Å². The Balaban J connectivity index is 2.13. The highest BCUT2D eigenvalue weighted by atomic mass is 31.0. The van der Waals surface area contributed by atoms with Crippen molar-refractivity contribution in [1.29, 1.82) is 0 Å². The molecular weight excluding hydrogens is 340 g/mol. The third-order valence-corrected chi connectivity index (χ3v) is 4.65. The van der Waals surface area contributed by atoms with Crippen LogP contribution in [0.5, 0.6) is 0 Å². The lowest BCUT2D eigenvalue weighted by atomic mass is 9.98. The minimum atomic E-state index is -0.547. The molecule has 0 amide bonds. The van der Waals surface area contributed by atoms with Crippen LogP contribution in [-0.4, -0.2) is 0 Å². The molecule has 0 nitrogen and oxygen atoms in total. The normalized spacial score (nSPS) is 14.8. The fraction of sp³-hybridized carbons (Fsp3) is 0.0500. The molecule has 0 heterocycles. The average molecular weight is 356 g/mol. The molecule has 1 aliphatic rings. The van der Waals surface area contributed by atoms with Crippen LogP contribution in [0.2, 0.25) is 0 Å². The molecule has 0 radical (unpaired) electrons. The second-order valence-electron chi connectivity index (χ2n) is 5.59. The van der Waals surface area contributed by atoms with E-state index in [2.05, 4.69) is 24.2 Å². The van der Waals surface area contributed by atoms with Crippen LogP contribution in [0.4, 0.5) is 8.78 Å². The van der Waals surface area contributed by atoms with Crippen molar-refractivity contribution in [2.45, 2.75) is 6.92 Å². The van der Waals surface area contributed by atoms with E-state index in [1.54, 1.807) is 19.1 Å². The Morgan fingerprint density at radius 3 is 1.83 bits per heavy atom. The predicted molar refractivity (Wildman–Crippen MR) is 105 cm³/mol. The molecule has 0 aliphatic heterocycles. The lowest BCUT2D eigenvalue weighted by molar-refractivity contribution is 0.648. The van der Waals surface area contributed by atoms with Crippen molar-refractivity contribution in [1.82, 2.24) is 0 Å². The number of hydrogen-bond acceptors (Lipinski definition) is 0. The van der Waals surface area contributed by atoms with Gasteiger partial charge in [0.2, 0.25) is 0 Å². The van der Waals surface area contributed by atoms with Gasteiger partial charge in [-0.25, -0.2) is 4.39 Å². The third-order valence-electron chi connectivity index (χ3n) is 3.88. The van der Waals surface area contributed by atoms with Crippen molar-refractivity contribution in [2.75, 3.05) is 0 Å². The number of halogens is 2. The highest BCUT2D eigenvalue weighted by molar-refractivity contribution is 7.27. The second kappa shape index (κ2) is 6.96. The van der Waals surface area contributed by atoms with Crippen molar-refractivity contribution in [3.05, 3.63) is 88.7 Å². The zero-order valence-corrected chi connectivity index (χ0v) is 15.4. The molecule has 0 spiro atoms. The number of benzene rings is 2. The monoisotopic (exact) mass is 356 g/mol. The standard InChI is InChI=1S/C20H16F2P2/c1-12-18(21)10-15(13-2-6-16(23)7-3-13)11-19(22)20(12)14-4-8-17(24)9-5-14/h2-9,11H,23-24H2,1H3. The van der Waals surface area contributed by atoms with Crippen molar-refractivity contribution in [2.24, 2.45) is 0 Å². The predicted octanol–water partition coefficient (Wildman–Crippen LogP) is 4.86. The van der Waals surface area contributed by atoms with Crippen LogP contribution in [0.3, 0.4) is 0 Å². The van der Waals surface area contributed by atoms with Gasteiger partial charge in [0.1, 0.15) is 5.83 Å². The summed E-state index contributed by atoms with van der Waals surface area (Å²) in [7, 11) is 5.16. The van der Waals surface area contributed by atoms with E-state index in [0.29, 0.717) is 11.1 Å². The summed E-state index contributed by atoms with van der Waals surface area (Å²) in [6, 6.07) is 14.7. The van der Waals surface area contributed by atoms with Crippen molar-refractivity contribution in [3.8, 4) is 0 Å². The molecule has 1 aliphatic carbocycles. The molecule has 0 saturated carbocycles. The minimum Gasteiger partial charge on any atom is -0.206 e. The maximum atomic E-state index is 14.9. The molecular formula is C20H16F2P2. The lowest BCUT2D eigenvalue weighted by Gasteiger charge is -2.09. The topological polar surface area (TPSA) is 0 Å². The SMILES string of the molecule is CC1=C(c2ccc(P)cc2)C(F)=CC(c2ccc(P)cc2)=C=C1F. The molecule has 2 atom stereocenters. The van der Waals surface area contributed by atoms with E-state index < -0.39 is 11.7 Å². The van der Waals surface area contributed by atoms with Gasteiger partial charge in [0.25, 0.3) is 0 Å². The Hall–Kier alpha value is -1.84. The molecule has 2 aromatic rings. The smallest absolute Gasteiger partial charge is 0.169 e. The molecule has 0 fully saturated rings. The first kappa shape index (κ1) is 17.0. The fourth-order valence-electron chi connectivity index (χ4n) is 2.56. The molecule has 2 aromatic carbocycles. The van der Waals surface area contributed by atoms with Gasteiger partial charge in [-0.15, -0.1) is 18.5 Å². The van der Waals surface area contributed by atoms with Gasteiger partial charge >= 0.3 is 0 Å². The van der Waals surface area contributed by atoms with Crippen LogP contribution < -0.4 is 10.6 Å². The molecule has 2 unspecified atom stereocenters. The summed E-state index contributed by atoms with van der Waals surface area (Å²) in [6.45, 7) is 1.58. The third kappa shape index (κ3) is 3.47. The highest BCUT2D eigenvalue weighted by Gasteiger charge is 2.18. The van der Waals surface area contributed by atoms with Gasteiger partial charge in [0.05, 0.1) is 0 Å². The number of rotatable bonds is 2. The summed E-state index contributed by atoms with van der Waals surface area (Å²) < 4.78 is 29.4. The van der Waals surface area contributed by atoms with Gasteiger partial charge in [-0.05, 0) is 34.7 Å². The molecule has 3 rings (SSSR count). The largest absolute Gasteiger partial charge is 0.206 e. The summed E-state index contributed by atoms with van der Waals surface area (Å²) in [5.74, 6) is -1.01. The van der Waals surface area contributed by atoms with E-state index in [-0.39, 0.29) is 11.1 Å². The first-order chi connectivity index (χ1) is 11.5. The van der Waals surface area contributed by atoms with Gasteiger partial charge in [0.15, 0.2) is 5.83 Å². The van der Waals surface area contributed by atoms with E-state index in [4.69, 9.17) is 0 Å². The van der Waals surface area contributed by atoms with Crippen molar-refractivity contribution < 1.29 is 8.78 Å². The Labute approximate surface area is 145 Å². The van der Waals surface area contributed by atoms with E-state index in [0.717, 1.165) is 16.2 Å². The molecule has 4 heteroatoms. The zero-order valence-electron chi connectivity index (χ0n) is 13.1.